The molecule has 13 heteroatoms. The van der Waals surface area contributed by atoms with E-state index in [0.717, 1.165) is 27.9 Å². The number of phenolic OH excluding ortho intramolecular Hbond substituents is 1. The number of nitrogens with one attached hydrogen (secondary N) is 1. The number of amides is 1. The molecule has 4 aromatic rings. The minimum atomic E-state index is -0.875. The Balaban J connectivity index is 1.28. The third kappa shape index (κ3) is 7.99. The summed E-state index contributed by atoms with van der Waals surface area (Å²) in [6.45, 7) is 3.01. The van der Waals surface area contributed by atoms with Crippen LogP contribution < -0.4 is 5.32 Å². The lowest BCUT2D eigenvalue weighted by Gasteiger charge is -2.36. The number of ether oxygens (including phenoxy) is 3. The molecule has 1 fully saturated rings. The number of carbonyl (C=O) groups is 2. The number of tetrazole rings is 1. The van der Waals surface area contributed by atoms with Gasteiger partial charge in [-0.2, -0.15) is 4.68 Å². The Hall–Kier alpha value is -4.30. The molecule has 230 valence electrons. The summed E-state index contributed by atoms with van der Waals surface area (Å²) in [7, 11) is 0. The molecule has 1 unspecified atom stereocenters. The van der Waals surface area contributed by atoms with Crippen molar-refractivity contribution in [1.82, 2.24) is 25.5 Å². The van der Waals surface area contributed by atoms with Gasteiger partial charge in [0.2, 0.25) is 5.16 Å². The molecule has 0 aliphatic carbocycles. The molecule has 1 saturated heterocycles. The fourth-order valence-corrected chi connectivity index (χ4v) is 5.55. The van der Waals surface area contributed by atoms with Gasteiger partial charge in [0.1, 0.15) is 5.75 Å². The van der Waals surface area contributed by atoms with E-state index in [0.29, 0.717) is 17.3 Å². The largest absolute Gasteiger partial charge is 0.508 e. The van der Waals surface area contributed by atoms with Crippen LogP contribution in [0.15, 0.2) is 78.0 Å². The fourth-order valence-electron chi connectivity index (χ4n) is 4.64. The van der Waals surface area contributed by atoms with Crippen LogP contribution in [0.2, 0.25) is 0 Å². The summed E-state index contributed by atoms with van der Waals surface area (Å²) in [5, 5.41) is 34.6. The zero-order valence-corrected chi connectivity index (χ0v) is 25.0. The maximum absolute atomic E-state index is 12.2. The second kappa shape index (κ2) is 14.4. The van der Waals surface area contributed by atoms with Crippen molar-refractivity contribution in [3.8, 4) is 11.4 Å². The SMILES string of the molecule is CC(=O)O[C@@H](C)C(=O)NCc1ccc(C2O[C@H](CSc3nnnn3-c3ccc(O)cc3)C[C@H](c3ccc(CO)cc3)O2)cc1. The van der Waals surface area contributed by atoms with Crippen LogP contribution in [0, 0.1) is 0 Å². The Morgan fingerprint density at radius 3 is 2.39 bits per heavy atom. The maximum atomic E-state index is 12.2. The molecule has 0 saturated carbocycles. The molecule has 0 bridgehead atoms. The number of esters is 1. The Kier molecular flexibility index (Phi) is 10.2. The van der Waals surface area contributed by atoms with Crippen molar-refractivity contribution in [2.75, 3.05) is 5.75 Å². The van der Waals surface area contributed by atoms with Gasteiger partial charge >= 0.3 is 5.97 Å². The summed E-state index contributed by atoms with van der Waals surface area (Å²) < 4.78 is 19.4. The minimum absolute atomic E-state index is 0.0397. The van der Waals surface area contributed by atoms with E-state index in [2.05, 4.69) is 20.8 Å². The number of hydrogen-bond acceptors (Lipinski definition) is 11. The summed E-state index contributed by atoms with van der Waals surface area (Å²) in [6.07, 6.45) is -1.42. The summed E-state index contributed by atoms with van der Waals surface area (Å²) in [5.74, 6) is -0.189. The lowest BCUT2D eigenvalue weighted by Crippen LogP contribution is -2.35. The van der Waals surface area contributed by atoms with Crippen LogP contribution in [0.1, 0.15) is 54.9 Å². The Labute approximate surface area is 258 Å². The normalized spacial score (nSPS) is 18.8. The van der Waals surface area contributed by atoms with Gasteiger partial charge in [0.05, 0.1) is 24.5 Å². The molecule has 0 spiro atoms. The summed E-state index contributed by atoms with van der Waals surface area (Å²) >= 11 is 1.46. The second-order valence-corrected chi connectivity index (χ2v) is 11.2. The molecule has 1 aromatic heterocycles. The quantitative estimate of drug-likeness (QED) is 0.166. The van der Waals surface area contributed by atoms with Gasteiger partial charge in [0.25, 0.3) is 5.91 Å². The Morgan fingerprint density at radius 1 is 1.02 bits per heavy atom. The van der Waals surface area contributed by atoms with Crippen LogP contribution in [0.25, 0.3) is 5.69 Å². The number of phenols is 1. The minimum Gasteiger partial charge on any atom is -0.508 e. The van der Waals surface area contributed by atoms with Crippen molar-refractivity contribution in [3.05, 3.63) is 95.1 Å². The summed E-state index contributed by atoms with van der Waals surface area (Å²) in [6, 6.07) is 21.9. The molecule has 3 N–H and O–H groups in total. The van der Waals surface area contributed by atoms with Crippen molar-refractivity contribution in [2.45, 2.75) is 63.2 Å². The van der Waals surface area contributed by atoms with Crippen molar-refractivity contribution in [3.63, 3.8) is 0 Å². The molecule has 1 aliphatic heterocycles. The number of aliphatic hydroxyl groups is 1. The van der Waals surface area contributed by atoms with Crippen LogP contribution in [-0.2, 0) is 37.0 Å². The van der Waals surface area contributed by atoms with Crippen molar-refractivity contribution >= 4 is 23.6 Å². The molecule has 3 aromatic carbocycles. The van der Waals surface area contributed by atoms with Gasteiger partial charge in [-0.1, -0.05) is 60.3 Å². The Morgan fingerprint density at radius 2 is 1.70 bits per heavy atom. The highest BCUT2D eigenvalue weighted by Gasteiger charge is 2.32. The van der Waals surface area contributed by atoms with Crippen LogP contribution in [0.3, 0.4) is 0 Å². The predicted octanol–water partition coefficient (Wildman–Crippen LogP) is 3.77. The van der Waals surface area contributed by atoms with Crippen molar-refractivity contribution in [2.24, 2.45) is 0 Å². The van der Waals surface area contributed by atoms with Gasteiger partial charge in [-0.3, -0.25) is 9.59 Å². The molecule has 1 aliphatic rings. The van der Waals surface area contributed by atoms with Crippen molar-refractivity contribution < 1.29 is 34.0 Å². The number of hydrogen-bond donors (Lipinski definition) is 3. The molecular weight excluding hydrogens is 586 g/mol. The topological polar surface area (TPSA) is 158 Å². The molecule has 0 radical (unpaired) electrons. The van der Waals surface area contributed by atoms with Gasteiger partial charge in [-0.05, 0) is 58.3 Å². The van der Waals surface area contributed by atoms with E-state index in [1.165, 1.54) is 25.6 Å². The molecule has 4 atom stereocenters. The molecule has 5 rings (SSSR count). The van der Waals surface area contributed by atoms with E-state index >= 15 is 0 Å². The van der Waals surface area contributed by atoms with Gasteiger partial charge in [-0.25, -0.2) is 0 Å². The average molecular weight is 620 g/mol. The second-order valence-electron chi connectivity index (χ2n) is 10.3. The van der Waals surface area contributed by atoms with Gasteiger partial charge in [0.15, 0.2) is 12.4 Å². The number of rotatable bonds is 11. The third-order valence-corrected chi connectivity index (χ3v) is 8.03. The molecule has 1 amide bonds. The van der Waals surface area contributed by atoms with Crippen LogP contribution >= 0.6 is 11.8 Å². The predicted molar refractivity (Wildman–Crippen MR) is 159 cm³/mol. The molecule has 2 heterocycles. The molecular formula is C31H33N5O7S. The zero-order chi connectivity index (χ0) is 31.1. The lowest BCUT2D eigenvalue weighted by molar-refractivity contribution is -0.245. The van der Waals surface area contributed by atoms with E-state index < -0.39 is 18.4 Å². The maximum Gasteiger partial charge on any atom is 0.303 e. The van der Waals surface area contributed by atoms with E-state index in [1.54, 1.807) is 28.9 Å². The van der Waals surface area contributed by atoms with Gasteiger partial charge in [0, 0.05) is 31.2 Å². The van der Waals surface area contributed by atoms with Crippen LogP contribution in [-0.4, -0.2) is 60.3 Å². The van der Waals surface area contributed by atoms with E-state index in [1.807, 2.05) is 48.5 Å². The zero-order valence-electron chi connectivity index (χ0n) is 24.2. The number of aromatic hydroxyl groups is 1. The molecule has 44 heavy (non-hydrogen) atoms. The van der Waals surface area contributed by atoms with E-state index in [4.69, 9.17) is 14.2 Å². The third-order valence-electron chi connectivity index (χ3n) is 6.98. The first-order valence-corrected chi connectivity index (χ1v) is 15.0. The first-order chi connectivity index (χ1) is 21.3. The van der Waals surface area contributed by atoms with Crippen LogP contribution in [0.5, 0.6) is 5.75 Å². The lowest BCUT2D eigenvalue weighted by atomic mass is 10.0. The Bertz CT molecular complexity index is 1550. The smallest absolute Gasteiger partial charge is 0.303 e. The highest BCUT2D eigenvalue weighted by molar-refractivity contribution is 7.99. The summed E-state index contributed by atoms with van der Waals surface area (Å²) in [4.78, 5) is 23.3. The monoisotopic (exact) mass is 619 g/mol. The standard InChI is InChI=1S/C31H33N5O7S/c1-19(41-20(2)38)29(40)32-16-21-3-9-24(10-4-21)30-42-27(15-28(43-30)23-7-5-22(17-37)6-8-23)18-44-31-33-34-35-36(31)25-11-13-26(39)14-12-25/h3-14,19,27-28,30,37,39H,15-18H2,1-2H3,(H,32,40)/t19-,27-,28+,30?/m0/s1. The number of nitrogens with zero attached hydrogens (tertiary/aromatic N) is 4. The fraction of sp³-hybridized carbons (Fsp3) is 0.323. The van der Waals surface area contributed by atoms with Crippen molar-refractivity contribution in [1.29, 1.82) is 0 Å². The van der Waals surface area contributed by atoms with Gasteiger partial charge in [-0.15, -0.1) is 5.10 Å². The average Bonchev–Trinajstić information content (AvgIpc) is 3.51. The van der Waals surface area contributed by atoms with Gasteiger partial charge < -0.3 is 29.7 Å². The summed E-state index contributed by atoms with van der Waals surface area (Å²) in [5.41, 5.74) is 4.18. The highest BCUT2D eigenvalue weighted by Crippen LogP contribution is 2.39. The van der Waals surface area contributed by atoms with E-state index in [-0.39, 0.29) is 37.0 Å². The number of benzene rings is 3. The molecule has 12 nitrogen and oxygen atoms in total. The first-order valence-electron chi connectivity index (χ1n) is 14.0. The van der Waals surface area contributed by atoms with E-state index in [9.17, 15) is 19.8 Å². The number of thioether (sulfide) groups is 1. The number of carbonyl (C=O) groups excluding carboxylic acids is 2. The van der Waals surface area contributed by atoms with Crippen LogP contribution in [0.4, 0.5) is 0 Å². The highest BCUT2D eigenvalue weighted by atomic mass is 32.2. The first kappa shape index (κ1) is 31.1. The number of aliphatic hydroxyl groups excluding tert-OH is 1. The number of aromatic nitrogens is 4.